The SMILES string of the molecule is Nc1ccc2c(c1)CCC2NC(=O)C1CNC(=O)C1. The number of nitrogens with two attached hydrogens (primary N) is 1. The van der Waals surface area contributed by atoms with E-state index in [4.69, 9.17) is 5.73 Å². The summed E-state index contributed by atoms with van der Waals surface area (Å²) in [6.45, 7) is 0.450. The van der Waals surface area contributed by atoms with Gasteiger partial charge in [0, 0.05) is 18.7 Å². The first-order valence-electron chi connectivity index (χ1n) is 6.59. The largest absolute Gasteiger partial charge is 0.399 e. The Balaban J connectivity index is 1.69. The summed E-state index contributed by atoms with van der Waals surface area (Å²) in [6, 6.07) is 5.88. The molecule has 2 amide bonds. The Morgan fingerprint density at radius 1 is 1.42 bits per heavy atom. The Hall–Kier alpha value is -2.04. The first-order chi connectivity index (χ1) is 9.13. The van der Waals surface area contributed by atoms with Crippen molar-refractivity contribution in [2.45, 2.75) is 25.3 Å². The van der Waals surface area contributed by atoms with Crippen LogP contribution in [0.5, 0.6) is 0 Å². The van der Waals surface area contributed by atoms with Crippen molar-refractivity contribution in [1.29, 1.82) is 0 Å². The molecule has 100 valence electrons. The quantitative estimate of drug-likeness (QED) is 0.676. The van der Waals surface area contributed by atoms with Gasteiger partial charge in [-0.15, -0.1) is 0 Å². The first kappa shape index (κ1) is 12.0. The molecule has 1 fully saturated rings. The van der Waals surface area contributed by atoms with Crippen LogP contribution < -0.4 is 16.4 Å². The minimum atomic E-state index is -0.231. The molecule has 5 heteroatoms. The molecule has 1 aliphatic heterocycles. The molecule has 1 heterocycles. The molecule has 1 aromatic carbocycles. The number of carbonyl (C=O) groups is 2. The van der Waals surface area contributed by atoms with E-state index < -0.39 is 0 Å². The van der Waals surface area contributed by atoms with Gasteiger partial charge < -0.3 is 16.4 Å². The molecule has 1 saturated heterocycles. The lowest BCUT2D eigenvalue weighted by atomic mass is 10.0. The third kappa shape index (κ3) is 2.28. The maximum Gasteiger partial charge on any atom is 0.225 e. The van der Waals surface area contributed by atoms with Crippen LogP contribution in [0.25, 0.3) is 0 Å². The predicted molar refractivity (Wildman–Crippen MR) is 71.2 cm³/mol. The smallest absolute Gasteiger partial charge is 0.225 e. The first-order valence-corrected chi connectivity index (χ1v) is 6.59. The summed E-state index contributed by atoms with van der Waals surface area (Å²) >= 11 is 0. The molecule has 2 atom stereocenters. The monoisotopic (exact) mass is 259 g/mol. The van der Waals surface area contributed by atoms with Gasteiger partial charge in [0.2, 0.25) is 11.8 Å². The molecule has 3 rings (SSSR count). The predicted octanol–water partition coefficient (Wildman–Crippen LogP) is 0.508. The fourth-order valence-corrected chi connectivity index (χ4v) is 2.87. The number of carbonyl (C=O) groups excluding carboxylic acids is 2. The van der Waals surface area contributed by atoms with Crippen molar-refractivity contribution in [3.63, 3.8) is 0 Å². The van der Waals surface area contributed by atoms with Crippen molar-refractivity contribution in [2.75, 3.05) is 12.3 Å². The Kier molecular flexibility index (Phi) is 2.89. The summed E-state index contributed by atoms with van der Waals surface area (Å²) in [5, 5.41) is 5.73. The van der Waals surface area contributed by atoms with Crippen molar-refractivity contribution in [3.05, 3.63) is 29.3 Å². The number of aryl methyl sites for hydroxylation is 1. The van der Waals surface area contributed by atoms with E-state index in [1.807, 2.05) is 18.2 Å². The number of amides is 2. The van der Waals surface area contributed by atoms with E-state index in [0.29, 0.717) is 13.0 Å². The number of fused-ring (bicyclic) bond motifs is 1. The normalized spacial score (nSPS) is 24.9. The molecule has 0 aromatic heterocycles. The highest BCUT2D eigenvalue weighted by molar-refractivity contribution is 5.89. The minimum Gasteiger partial charge on any atom is -0.399 e. The molecule has 0 bridgehead atoms. The van der Waals surface area contributed by atoms with Crippen molar-refractivity contribution < 1.29 is 9.59 Å². The third-order valence-electron chi connectivity index (χ3n) is 3.91. The van der Waals surface area contributed by atoms with Crippen molar-refractivity contribution >= 4 is 17.5 Å². The maximum absolute atomic E-state index is 12.1. The van der Waals surface area contributed by atoms with Crippen molar-refractivity contribution in [2.24, 2.45) is 5.92 Å². The van der Waals surface area contributed by atoms with E-state index in [0.717, 1.165) is 24.1 Å². The van der Waals surface area contributed by atoms with Gasteiger partial charge in [-0.1, -0.05) is 6.07 Å². The van der Waals surface area contributed by atoms with Crippen LogP contribution in [-0.4, -0.2) is 18.4 Å². The summed E-state index contributed by atoms with van der Waals surface area (Å²) in [5.74, 6) is -0.307. The Morgan fingerprint density at radius 3 is 3.00 bits per heavy atom. The highest BCUT2D eigenvalue weighted by Gasteiger charge is 2.31. The van der Waals surface area contributed by atoms with E-state index >= 15 is 0 Å². The molecular weight excluding hydrogens is 242 g/mol. The number of hydrogen-bond acceptors (Lipinski definition) is 3. The summed E-state index contributed by atoms with van der Waals surface area (Å²) in [5.41, 5.74) is 8.89. The Morgan fingerprint density at radius 2 is 2.26 bits per heavy atom. The minimum absolute atomic E-state index is 0.0342. The number of benzene rings is 1. The summed E-state index contributed by atoms with van der Waals surface area (Å²) in [6.07, 6.45) is 2.14. The molecule has 0 saturated carbocycles. The molecule has 0 radical (unpaired) electrons. The van der Waals surface area contributed by atoms with E-state index in [2.05, 4.69) is 10.6 Å². The van der Waals surface area contributed by atoms with Gasteiger partial charge in [-0.3, -0.25) is 9.59 Å². The van der Waals surface area contributed by atoms with Crippen LogP contribution in [0.1, 0.15) is 30.0 Å². The molecule has 2 unspecified atom stereocenters. The number of rotatable bonds is 2. The maximum atomic E-state index is 12.1. The summed E-state index contributed by atoms with van der Waals surface area (Å²) in [7, 11) is 0. The van der Waals surface area contributed by atoms with Crippen LogP contribution in [0.3, 0.4) is 0 Å². The van der Waals surface area contributed by atoms with Crippen LogP contribution in [0.4, 0.5) is 5.69 Å². The van der Waals surface area contributed by atoms with Gasteiger partial charge >= 0.3 is 0 Å². The second kappa shape index (κ2) is 4.57. The van der Waals surface area contributed by atoms with Crippen molar-refractivity contribution in [3.8, 4) is 0 Å². The Labute approximate surface area is 111 Å². The average molecular weight is 259 g/mol. The van der Waals surface area contributed by atoms with Crippen LogP contribution in [0, 0.1) is 5.92 Å². The van der Waals surface area contributed by atoms with E-state index in [1.54, 1.807) is 0 Å². The van der Waals surface area contributed by atoms with E-state index in [9.17, 15) is 9.59 Å². The van der Waals surface area contributed by atoms with Gasteiger partial charge in [0.1, 0.15) is 0 Å². The fourth-order valence-electron chi connectivity index (χ4n) is 2.87. The molecule has 1 aliphatic carbocycles. The van der Waals surface area contributed by atoms with Gasteiger partial charge in [0.25, 0.3) is 0 Å². The van der Waals surface area contributed by atoms with Crippen molar-refractivity contribution in [1.82, 2.24) is 10.6 Å². The standard InChI is InChI=1S/C14H17N3O2/c15-10-2-3-11-8(5-10)1-4-12(11)17-14(19)9-6-13(18)16-7-9/h2-3,5,9,12H,1,4,6-7,15H2,(H,16,18)(H,17,19). The van der Waals surface area contributed by atoms with Crippen LogP contribution in [0.2, 0.25) is 0 Å². The third-order valence-corrected chi connectivity index (χ3v) is 3.91. The fraction of sp³-hybridized carbons (Fsp3) is 0.429. The van der Waals surface area contributed by atoms with Crippen LogP contribution >= 0.6 is 0 Å². The summed E-state index contributed by atoms with van der Waals surface area (Å²) in [4.78, 5) is 23.2. The zero-order valence-electron chi connectivity index (χ0n) is 10.6. The number of hydrogen-bond donors (Lipinski definition) is 3. The lowest BCUT2D eigenvalue weighted by Gasteiger charge is -2.16. The molecule has 2 aliphatic rings. The number of anilines is 1. The average Bonchev–Trinajstić information content (AvgIpc) is 2.96. The van der Waals surface area contributed by atoms with E-state index in [-0.39, 0.29) is 23.8 Å². The molecule has 0 spiro atoms. The van der Waals surface area contributed by atoms with Gasteiger partial charge in [-0.25, -0.2) is 0 Å². The zero-order chi connectivity index (χ0) is 13.4. The van der Waals surface area contributed by atoms with Crippen LogP contribution in [0.15, 0.2) is 18.2 Å². The molecular formula is C14H17N3O2. The molecule has 19 heavy (non-hydrogen) atoms. The van der Waals surface area contributed by atoms with E-state index in [1.165, 1.54) is 5.56 Å². The zero-order valence-corrected chi connectivity index (χ0v) is 10.6. The van der Waals surface area contributed by atoms with Gasteiger partial charge in [0.15, 0.2) is 0 Å². The topological polar surface area (TPSA) is 84.2 Å². The highest BCUT2D eigenvalue weighted by Crippen LogP contribution is 2.32. The van der Waals surface area contributed by atoms with Gasteiger partial charge in [0.05, 0.1) is 12.0 Å². The van der Waals surface area contributed by atoms with Crippen LogP contribution in [-0.2, 0) is 16.0 Å². The highest BCUT2D eigenvalue weighted by atomic mass is 16.2. The molecule has 4 N–H and O–H groups in total. The summed E-state index contributed by atoms with van der Waals surface area (Å²) < 4.78 is 0. The second-order valence-corrected chi connectivity index (χ2v) is 5.26. The second-order valence-electron chi connectivity index (χ2n) is 5.26. The Bertz CT molecular complexity index is 541. The van der Waals surface area contributed by atoms with Gasteiger partial charge in [-0.2, -0.15) is 0 Å². The van der Waals surface area contributed by atoms with Gasteiger partial charge in [-0.05, 0) is 36.1 Å². The lowest BCUT2D eigenvalue weighted by molar-refractivity contribution is -0.127. The molecule has 5 nitrogen and oxygen atoms in total. The molecule has 1 aromatic rings. The lowest BCUT2D eigenvalue weighted by Crippen LogP contribution is -2.34. The number of nitrogen functional groups attached to an aromatic ring is 1. The number of nitrogens with one attached hydrogen (secondary N) is 2.